The number of carbonyl (C=O) groups excluding carboxylic acids is 1. The van der Waals surface area contributed by atoms with Gasteiger partial charge >= 0.3 is 0 Å². The third-order valence-corrected chi connectivity index (χ3v) is 5.03. The lowest BCUT2D eigenvalue weighted by molar-refractivity contribution is 0.0742. The SMILES string of the molecule is COCc1ccc(C(=O)N(C)C(C)c2ccc(S(N)(=O)=O)cc2)cc1. The van der Waals surface area contributed by atoms with Crippen LogP contribution in [-0.2, 0) is 21.4 Å². The highest BCUT2D eigenvalue weighted by Gasteiger charge is 2.19. The number of hydrogen-bond acceptors (Lipinski definition) is 4. The number of sulfonamides is 1. The second-order valence-corrected chi connectivity index (χ2v) is 7.40. The minimum absolute atomic E-state index is 0.0474. The molecule has 0 fully saturated rings. The fraction of sp³-hybridized carbons (Fsp3) is 0.278. The molecule has 2 N–H and O–H groups in total. The summed E-state index contributed by atoms with van der Waals surface area (Å²) in [6.45, 7) is 2.38. The van der Waals surface area contributed by atoms with E-state index >= 15 is 0 Å². The van der Waals surface area contributed by atoms with Crippen LogP contribution in [0.15, 0.2) is 53.4 Å². The van der Waals surface area contributed by atoms with Crippen LogP contribution in [0.4, 0.5) is 0 Å². The Bertz CT molecular complexity index is 830. The lowest BCUT2D eigenvalue weighted by Gasteiger charge is -2.25. The predicted octanol–water partition coefficient (Wildman–Crippen LogP) is 2.31. The van der Waals surface area contributed by atoms with E-state index in [4.69, 9.17) is 9.88 Å². The normalized spacial score (nSPS) is 12.6. The highest BCUT2D eigenvalue weighted by Crippen LogP contribution is 2.22. The van der Waals surface area contributed by atoms with Gasteiger partial charge in [-0.15, -0.1) is 0 Å². The maximum absolute atomic E-state index is 12.6. The second kappa shape index (κ2) is 7.77. The van der Waals surface area contributed by atoms with Gasteiger partial charge in [0.2, 0.25) is 10.0 Å². The Balaban J connectivity index is 2.15. The average Bonchev–Trinajstić information content (AvgIpc) is 2.60. The van der Waals surface area contributed by atoms with E-state index in [0.29, 0.717) is 12.2 Å². The van der Waals surface area contributed by atoms with Crippen LogP contribution in [-0.4, -0.2) is 33.4 Å². The molecule has 1 atom stereocenters. The lowest BCUT2D eigenvalue weighted by Crippen LogP contribution is -2.29. The summed E-state index contributed by atoms with van der Waals surface area (Å²) < 4.78 is 27.7. The summed E-state index contributed by atoms with van der Waals surface area (Å²) in [7, 11) is -0.392. The lowest BCUT2D eigenvalue weighted by atomic mass is 10.1. The van der Waals surface area contributed by atoms with Gasteiger partial charge in [-0.1, -0.05) is 24.3 Å². The zero-order valence-corrected chi connectivity index (χ0v) is 15.3. The van der Waals surface area contributed by atoms with E-state index in [-0.39, 0.29) is 16.8 Å². The number of ether oxygens (including phenoxy) is 1. The number of nitrogens with zero attached hydrogens (tertiary/aromatic N) is 1. The molecule has 0 aliphatic rings. The average molecular weight is 362 g/mol. The van der Waals surface area contributed by atoms with Crippen LogP contribution < -0.4 is 5.14 Å². The van der Waals surface area contributed by atoms with Crippen molar-refractivity contribution in [2.24, 2.45) is 5.14 Å². The largest absolute Gasteiger partial charge is 0.380 e. The maximum atomic E-state index is 12.6. The van der Waals surface area contributed by atoms with Crippen molar-refractivity contribution >= 4 is 15.9 Å². The molecule has 0 aromatic heterocycles. The highest BCUT2D eigenvalue weighted by atomic mass is 32.2. The van der Waals surface area contributed by atoms with E-state index in [9.17, 15) is 13.2 Å². The quantitative estimate of drug-likeness (QED) is 0.854. The molecule has 0 bridgehead atoms. The molecule has 1 unspecified atom stereocenters. The van der Waals surface area contributed by atoms with Gasteiger partial charge in [0.05, 0.1) is 17.5 Å². The molecule has 0 spiro atoms. The first-order chi connectivity index (χ1) is 11.7. The summed E-state index contributed by atoms with van der Waals surface area (Å²) in [5.41, 5.74) is 2.39. The van der Waals surface area contributed by atoms with Gasteiger partial charge in [0.15, 0.2) is 0 Å². The summed E-state index contributed by atoms with van der Waals surface area (Å²) in [5, 5.41) is 5.10. The number of hydrogen-bond donors (Lipinski definition) is 1. The van der Waals surface area contributed by atoms with Gasteiger partial charge in [0, 0.05) is 19.7 Å². The molecule has 2 aromatic carbocycles. The molecular formula is C18H22N2O4S. The summed E-state index contributed by atoms with van der Waals surface area (Å²) in [6, 6.07) is 13.2. The first-order valence-corrected chi connectivity index (χ1v) is 9.26. The summed E-state index contributed by atoms with van der Waals surface area (Å²) in [4.78, 5) is 14.3. The van der Waals surface area contributed by atoms with E-state index in [1.807, 2.05) is 19.1 Å². The molecule has 7 heteroatoms. The maximum Gasteiger partial charge on any atom is 0.254 e. The Morgan fingerprint density at radius 2 is 1.68 bits per heavy atom. The Labute approximate surface area is 148 Å². The molecule has 134 valence electrons. The smallest absolute Gasteiger partial charge is 0.254 e. The molecule has 0 radical (unpaired) electrons. The third-order valence-electron chi connectivity index (χ3n) is 4.10. The molecule has 25 heavy (non-hydrogen) atoms. The van der Waals surface area contributed by atoms with Gasteiger partial charge in [-0.05, 0) is 42.3 Å². The van der Waals surface area contributed by atoms with Gasteiger partial charge in [-0.2, -0.15) is 0 Å². The molecule has 0 saturated carbocycles. The Morgan fingerprint density at radius 1 is 1.12 bits per heavy atom. The van der Waals surface area contributed by atoms with Gasteiger partial charge in [-0.25, -0.2) is 13.6 Å². The number of amides is 1. The van der Waals surface area contributed by atoms with Crippen LogP contribution >= 0.6 is 0 Å². The number of methoxy groups -OCH3 is 1. The molecular weight excluding hydrogens is 340 g/mol. The van der Waals surface area contributed by atoms with E-state index in [2.05, 4.69) is 0 Å². The number of nitrogens with two attached hydrogens (primary N) is 1. The van der Waals surface area contributed by atoms with Crippen LogP contribution in [0.25, 0.3) is 0 Å². The van der Waals surface area contributed by atoms with Crippen molar-refractivity contribution in [3.8, 4) is 0 Å². The molecule has 0 aliphatic heterocycles. The van der Waals surface area contributed by atoms with Crippen LogP contribution in [0.3, 0.4) is 0 Å². The zero-order chi connectivity index (χ0) is 18.6. The van der Waals surface area contributed by atoms with Gasteiger partial charge in [-0.3, -0.25) is 4.79 Å². The van der Waals surface area contributed by atoms with Gasteiger partial charge in [0.25, 0.3) is 5.91 Å². The van der Waals surface area contributed by atoms with E-state index in [1.54, 1.807) is 43.3 Å². The Kier molecular flexibility index (Phi) is 5.94. The number of benzene rings is 2. The van der Waals surface area contributed by atoms with Crippen LogP contribution in [0.5, 0.6) is 0 Å². The number of primary sulfonamides is 1. The van der Waals surface area contributed by atoms with E-state index in [1.165, 1.54) is 12.1 Å². The zero-order valence-electron chi connectivity index (χ0n) is 14.5. The first-order valence-electron chi connectivity index (χ1n) is 7.72. The molecule has 0 aliphatic carbocycles. The Morgan fingerprint density at radius 3 is 2.16 bits per heavy atom. The molecule has 2 rings (SSSR count). The monoisotopic (exact) mass is 362 g/mol. The summed E-state index contributed by atoms with van der Waals surface area (Å²) in [5.74, 6) is -0.119. The second-order valence-electron chi connectivity index (χ2n) is 5.84. The molecule has 0 saturated heterocycles. The van der Waals surface area contributed by atoms with E-state index < -0.39 is 10.0 Å². The summed E-state index contributed by atoms with van der Waals surface area (Å²) in [6.07, 6.45) is 0. The third kappa shape index (κ3) is 4.66. The van der Waals surface area contributed by atoms with Crippen molar-refractivity contribution in [1.29, 1.82) is 0 Å². The standard InChI is InChI=1S/C18H22N2O4S/c1-13(15-8-10-17(11-9-15)25(19,22)23)20(2)18(21)16-6-4-14(5-7-16)12-24-3/h4-11,13H,12H2,1-3H3,(H2,19,22,23). The first kappa shape index (κ1) is 19.1. The van der Waals surface area contributed by atoms with Crippen LogP contribution in [0.1, 0.15) is 34.5 Å². The fourth-order valence-electron chi connectivity index (χ4n) is 2.45. The highest BCUT2D eigenvalue weighted by molar-refractivity contribution is 7.89. The van der Waals surface area contributed by atoms with Crippen LogP contribution in [0, 0.1) is 0 Å². The molecule has 1 amide bonds. The van der Waals surface area contributed by atoms with Gasteiger partial charge in [0.1, 0.15) is 0 Å². The topological polar surface area (TPSA) is 89.7 Å². The van der Waals surface area contributed by atoms with Crippen molar-refractivity contribution in [3.63, 3.8) is 0 Å². The Hall–Kier alpha value is -2.22. The predicted molar refractivity (Wildman–Crippen MR) is 95.5 cm³/mol. The molecule has 6 nitrogen and oxygen atoms in total. The fourth-order valence-corrected chi connectivity index (χ4v) is 2.96. The summed E-state index contributed by atoms with van der Waals surface area (Å²) >= 11 is 0. The minimum Gasteiger partial charge on any atom is -0.380 e. The van der Waals surface area contributed by atoms with Crippen LogP contribution in [0.2, 0.25) is 0 Å². The van der Waals surface area contributed by atoms with E-state index in [0.717, 1.165) is 11.1 Å². The number of rotatable bonds is 6. The number of carbonyl (C=O) groups is 1. The molecule has 0 heterocycles. The van der Waals surface area contributed by atoms with Crippen molar-refractivity contribution in [2.75, 3.05) is 14.2 Å². The van der Waals surface area contributed by atoms with Crippen molar-refractivity contribution in [3.05, 3.63) is 65.2 Å². The van der Waals surface area contributed by atoms with Gasteiger partial charge < -0.3 is 9.64 Å². The minimum atomic E-state index is -3.72. The van der Waals surface area contributed by atoms with Crippen molar-refractivity contribution in [1.82, 2.24) is 4.90 Å². The molecule has 2 aromatic rings. The van der Waals surface area contributed by atoms with Crippen molar-refractivity contribution < 1.29 is 17.9 Å². The van der Waals surface area contributed by atoms with Crippen molar-refractivity contribution in [2.45, 2.75) is 24.5 Å².